The smallest absolute Gasteiger partial charge is 0.246 e. The maximum Gasteiger partial charge on any atom is 0.246 e. The Morgan fingerprint density at radius 3 is 2.21 bits per heavy atom. The van der Waals surface area contributed by atoms with E-state index in [1.807, 2.05) is 18.7 Å². The van der Waals surface area contributed by atoms with E-state index in [1.165, 1.54) is 0 Å². The standard InChI is InChI=1S/C15H26N2O2/c1-7-9(2)11-12(19)17(8-10(18)16-11)13-14(3,4)15(13,5)6/h9,11,13H,7-8H2,1-6H3,(H,16,18). The molecule has 2 rings (SSSR count). The molecule has 1 saturated carbocycles. The molecule has 2 amide bonds. The Balaban J connectivity index is 2.23. The number of nitrogens with zero attached hydrogens (tertiary/aromatic N) is 1. The third kappa shape index (κ3) is 1.96. The lowest BCUT2D eigenvalue weighted by atomic mass is 9.95. The minimum absolute atomic E-state index is 0.0246. The number of rotatable bonds is 3. The number of piperazine rings is 1. The van der Waals surface area contributed by atoms with Crippen LogP contribution in [0.5, 0.6) is 0 Å². The average molecular weight is 266 g/mol. The minimum atomic E-state index is -0.349. The molecule has 19 heavy (non-hydrogen) atoms. The van der Waals surface area contributed by atoms with Gasteiger partial charge in [0.1, 0.15) is 6.04 Å². The quantitative estimate of drug-likeness (QED) is 0.846. The molecule has 2 aliphatic rings. The first-order valence-corrected chi connectivity index (χ1v) is 7.24. The van der Waals surface area contributed by atoms with Crippen molar-refractivity contribution >= 4 is 11.8 Å². The zero-order valence-electron chi connectivity index (χ0n) is 12.9. The predicted molar refractivity (Wildman–Crippen MR) is 74.4 cm³/mol. The van der Waals surface area contributed by atoms with Crippen molar-refractivity contribution in [1.82, 2.24) is 10.2 Å². The van der Waals surface area contributed by atoms with E-state index in [1.54, 1.807) is 0 Å². The molecule has 0 aromatic heterocycles. The van der Waals surface area contributed by atoms with Gasteiger partial charge in [-0.15, -0.1) is 0 Å². The van der Waals surface area contributed by atoms with Gasteiger partial charge < -0.3 is 10.2 Å². The molecule has 0 radical (unpaired) electrons. The van der Waals surface area contributed by atoms with E-state index in [0.29, 0.717) is 0 Å². The third-order valence-electron chi connectivity index (χ3n) is 5.65. The van der Waals surface area contributed by atoms with Crippen LogP contribution in [0.4, 0.5) is 0 Å². The van der Waals surface area contributed by atoms with E-state index in [-0.39, 0.29) is 47.2 Å². The molecule has 0 aromatic rings. The van der Waals surface area contributed by atoms with Gasteiger partial charge in [0.05, 0.1) is 6.54 Å². The average Bonchev–Trinajstić information content (AvgIpc) is 2.71. The van der Waals surface area contributed by atoms with Crippen molar-refractivity contribution in [1.29, 1.82) is 0 Å². The van der Waals surface area contributed by atoms with Gasteiger partial charge in [0.2, 0.25) is 11.8 Å². The third-order valence-corrected chi connectivity index (χ3v) is 5.65. The molecule has 4 nitrogen and oxygen atoms in total. The van der Waals surface area contributed by atoms with E-state index < -0.39 is 0 Å². The lowest BCUT2D eigenvalue weighted by Crippen LogP contribution is -2.61. The van der Waals surface area contributed by atoms with Crippen LogP contribution in [0, 0.1) is 16.7 Å². The number of nitrogens with one attached hydrogen (secondary N) is 1. The monoisotopic (exact) mass is 266 g/mol. The lowest BCUT2D eigenvalue weighted by Gasteiger charge is -2.36. The summed E-state index contributed by atoms with van der Waals surface area (Å²) < 4.78 is 0. The first-order chi connectivity index (χ1) is 8.64. The summed E-state index contributed by atoms with van der Waals surface area (Å²) in [6, 6.07) is -0.177. The molecule has 1 saturated heterocycles. The molecule has 2 fully saturated rings. The van der Waals surface area contributed by atoms with Crippen molar-refractivity contribution in [2.45, 2.75) is 60.0 Å². The molecule has 2 unspecified atom stereocenters. The Bertz CT molecular complexity index is 400. The van der Waals surface area contributed by atoms with Crippen LogP contribution < -0.4 is 5.32 Å². The molecular weight excluding hydrogens is 240 g/mol. The molecule has 0 aromatic carbocycles. The molecule has 1 aliphatic carbocycles. The maximum atomic E-state index is 12.6. The van der Waals surface area contributed by atoms with Crippen LogP contribution in [0.3, 0.4) is 0 Å². The second kappa shape index (κ2) is 4.22. The Labute approximate surface area is 115 Å². The van der Waals surface area contributed by atoms with E-state index in [4.69, 9.17) is 0 Å². The van der Waals surface area contributed by atoms with Crippen LogP contribution in [0.1, 0.15) is 48.0 Å². The summed E-state index contributed by atoms with van der Waals surface area (Å²) >= 11 is 0. The number of carbonyl (C=O) groups is 2. The summed E-state index contributed by atoms with van der Waals surface area (Å²) in [6.45, 7) is 13.0. The molecule has 4 heteroatoms. The van der Waals surface area contributed by atoms with Gasteiger partial charge in [0, 0.05) is 6.04 Å². The highest BCUT2D eigenvalue weighted by Gasteiger charge is 2.69. The van der Waals surface area contributed by atoms with Crippen molar-refractivity contribution in [2.75, 3.05) is 6.54 Å². The summed E-state index contributed by atoms with van der Waals surface area (Å²) in [5.74, 6) is 0.255. The fourth-order valence-corrected chi connectivity index (χ4v) is 3.47. The molecular formula is C15H26N2O2. The Kier molecular flexibility index (Phi) is 3.19. The summed E-state index contributed by atoms with van der Waals surface area (Å²) in [5, 5.41) is 2.85. The van der Waals surface area contributed by atoms with Gasteiger partial charge in [0.25, 0.3) is 0 Å². The molecule has 1 N–H and O–H groups in total. The molecule has 1 heterocycles. The van der Waals surface area contributed by atoms with Crippen LogP contribution in [0.25, 0.3) is 0 Å². The molecule has 2 atom stereocenters. The van der Waals surface area contributed by atoms with Crippen LogP contribution in [0.15, 0.2) is 0 Å². The van der Waals surface area contributed by atoms with Gasteiger partial charge in [-0.05, 0) is 16.7 Å². The summed E-state index contributed by atoms with van der Waals surface area (Å²) in [6.07, 6.45) is 0.891. The van der Waals surface area contributed by atoms with Crippen molar-refractivity contribution in [3.05, 3.63) is 0 Å². The second-order valence-electron chi connectivity index (χ2n) is 7.24. The van der Waals surface area contributed by atoms with Gasteiger partial charge in [-0.3, -0.25) is 9.59 Å². The van der Waals surface area contributed by atoms with Crippen molar-refractivity contribution in [3.63, 3.8) is 0 Å². The van der Waals surface area contributed by atoms with E-state index in [0.717, 1.165) is 6.42 Å². The SMILES string of the molecule is CCC(C)C1NC(=O)CN(C2C(C)(C)C2(C)C)C1=O. The van der Waals surface area contributed by atoms with Gasteiger partial charge in [-0.2, -0.15) is 0 Å². The molecule has 1 aliphatic heterocycles. The van der Waals surface area contributed by atoms with Crippen LogP contribution in [0.2, 0.25) is 0 Å². The number of hydrogen-bond acceptors (Lipinski definition) is 2. The van der Waals surface area contributed by atoms with Crippen LogP contribution >= 0.6 is 0 Å². The van der Waals surface area contributed by atoms with Crippen molar-refractivity contribution < 1.29 is 9.59 Å². The summed E-state index contributed by atoms with van der Waals surface area (Å²) in [7, 11) is 0. The van der Waals surface area contributed by atoms with E-state index >= 15 is 0 Å². The first kappa shape index (κ1) is 14.4. The normalized spacial score (nSPS) is 31.1. The zero-order valence-corrected chi connectivity index (χ0v) is 12.9. The first-order valence-electron chi connectivity index (χ1n) is 7.24. The van der Waals surface area contributed by atoms with E-state index in [2.05, 4.69) is 33.0 Å². The Hall–Kier alpha value is -1.06. The molecule has 0 spiro atoms. The maximum absolute atomic E-state index is 12.6. The van der Waals surface area contributed by atoms with Crippen molar-refractivity contribution in [3.8, 4) is 0 Å². The van der Waals surface area contributed by atoms with Crippen LogP contribution in [-0.2, 0) is 9.59 Å². The Morgan fingerprint density at radius 2 is 1.79 bits per heavy atom. The minimum Gasteiger partial charge on any atom is -0.342 e. The highest BCUT2D eigenvalue weighted by molar-refractivity contribution is 5.95. The zero-order chi connectivity index (χ0) is 14.6. The van der Waals surface area contributed by atoms with Crippen molar-refractivity contribution in [2.24, 2.45) is 16.7 Å². The van der Waals surface area contributed by atoms with Gasteiger partial charge in [-0.1, -0.05) is 48.0 Å². The topological polar surface area (TPSA) is 49.4 Å². The van der Waals surface area contributed by atoms with Crippen LogP contribution in [-0.4, -0.2) is 35.3 Å². The molecule has 0 bridgehead atoms. The number of amides is 2. The highest BCUT2D eigenvalue weighted by Crippen LogP contribution is 2.65. The molecule has 108 valence electrons. The number of carbonyl (C=O) groups excluding carboxylic acids is 2. The summed E-state index contributed by atoms with van der Waals surface area (Å²) in [5.41, 5.74) is 0.167. The summed E-state index contributed by atoms with van der Waals surface area (Å²) in [4.78, 5) is 26.4. The van der Waals surface area contributed by atoms with E-state index in [9.17, 15) is 9.59 Å². The number of hydrogen-bond donors (Lipinski definition) is 1. The van der Waals surface area contributed by atoms with Gasteiger partial charge >= 0.3 is 0 Å². The van der Waals surface area contributed by atoms with Gasteiger partial charge in [-0.25, -0.2) is 0 Å². The largest absolute Gasteiger partial charge is 0.342 e. The lowest BCUT2D eigenvalue weighted by molar-refractivity contribution is -0.147. The predicted octanol–water partition coefficient (Wildman–Crippen LogP) is 1.79. The Morgan fingerprint density at radius 1 is 1.26 bits per heavy atom. The second-order valence-corrected chi connectivity index (χ2v) is 7.24. The fraction of sp³-hybridized carbons (Fsp3) is 0.867. The van der Waals surface area contributed by atoms with Gasteiger partial charge in [0.15, 0.2) is 0 Å². The fourth-order valence-electron chi connectivity index (χ4n) is 3.47. The highest BCUT2D eigenvalue weighted by atomic mass is 16.2.